The molecule has 0 aliphatic heterocycles. The Hall–Kier alpha value is -4.62. The Morgan fingerprint density at radius 3 is 1.47 bits per heavy atom. The molecule has 0 saturated carbocycles. The van der Waals surface area contributed by atoms with E-state index in [9.17, 15) is 19.2 Å². The number of hydrogen-bond donors (Lipinski definition) is 0. The molecular formula is C60H94N2O10. The quantitative estimate of drug-likeness (QED) is 0.0200. The summed E-state index contributed by atoms with van der Waals surface area (Å²) in [5.41, 5.74) is 10.4. The van der Waals surface area contributed by atoms with Gasteiger partial charge < -0.3 is 38.2 Å². The minimum absolute atomic E-state index is 0.00308. The number of rotatable bonds is 34. The van der Waals surface area contributed by atoms with Crippen LogP contribution in [0.3, 0.4) is 0 Å². The highest BCUT2D eigenvalue weighted by Crippen LogP contribution is 2.42. The number of likely N-dealkylation sites (N-methyl/N-ethyl adjacent to an activating group) is 2. The van der Waals surface area contributed by atoms with Crippen LogP contribution in [0.4, 0.5) is 0 Å². The van der Waals surface area contributed by atoms with Crippen LogP contribution in [0.5, 0.6) is 0 Å². The minimum atomic E-state index is -0.491. The maximum absolute atomic E-state index is 12.6. The van der Waals surface area contributed by atoms with Crippen LogP contribution in [0.25, 0.3) is 0 Å². The first-order chi connectivity index (χ1) is 34.2. The smallest absolute Gasteiger partial charge is 0.331 e. The van der Waals surface area contributed by atoms with Crippen LogP contribution in [0, 0.1) is 10.8 Å². The van der Waals surface area contributed by atoms with Gasteiger partial charge in [0.2, 0.25) is 0 Å². The molecule has 0 heterocycles. The summed E-state index contributed by atoms with van der Waals surface area (Å²) < 4.78 is 32.3. The number of carbonyl (C=O) groups excluding carboxylic acids is 4. The first-order valence-corrected chi connectivity index (χ1v) is 26.5. The normalized spacial score (nSPS) is 16.7. The Morgan fingerprint density at radius 2 is 1.01 bits per heavy atom. The SMILES string of the molecule is C/C=C(/C=C/C1=C(C)CCCC1(C)C)CCC(/C=C/C1=C(C)CCCC1(C)C)=C\C=C\C(C)=C\C(=O)OCCC(=O)OCCCN(C)CCOCCOCCN(C)CCCOC(=O)CCOC(=O)C=C(C)C. The van der Waals surface area contributed by atoms with Gasteiger partial charge in [-0.3, -0.25) is 9.59 Å². The van der Waals surface area contributed by atoms with Crippen molar-refractivity contribution < 1.29 is 47.6 Å². The third kappa shape index (κ3) is 28.6. The number of ether oxygens (including phenoxy) is 6. The van der Waals surface area contributed by atoms with Gasteiger partial charge in [0.1, 0.15) is 13.2 Å². The van der Waals surface area contributed by atoms with Crippen molar-refractivity contribution in [1.82, 2.24) is 9.80 Å². The van der Waals surface area contributed by atoms with E-state index >= 15 is 0 Å². The molecule has 0 saturated heterocycles. The molecule has 0 unspecified atom stereocenters. The molecule has 12 nitrogen and oxygen atoms in total. The lowest BCUT2D eigenvalue weighted by atomic mass is 9.72. The summed E-state index contributed by atoms with van der Waals surface area (Å²) in [6.45, 7) is 27.2. The molecule has 2 rings (SSSR count). The van der Waals surface area contributed by atoms with Gasteiger partial charge in [-0.05, 0) is 153 Å². The monoisotopic (exact) mass is 1000 g/mol. The third-order valence-electron chi connectivity index (χ3n) is 13.1. The van der Waals surface area contributed by atoms with Crippen LogP contribution in [0.1, 0.15) is 146 Å². The van der Waals surface area contributed by atoms with E-state index < -0.39 is 17.9 Å². The van der Waals surface area contributed by atoms with Gasteiger partial charge in [-0.1, -0.05) is 98.6 Å². The molecule has 0 fully saturated rings. The molecule has 0 N–H and O–H groups in total. The Balaban J connectivity index is 1.65. The summed E-state index contributed by atoms with van der Waals surface area (Å²) in [7, 11) is 3.98. The number of hydrogen-bond acceptors (Lipinski definition) is 12. The van der Waals surface area contributed by atoms with Crippen molar-refractivity contribution in [2.24, 2.45) is 10.8 Å². The van der Waals surface area contributed by atoms with Crippen molar-refractivity contribution in [1.29, 1.82) is 0 Å². The molecule has 2 aliphatic rings. The van der Waals surface area contributed by atoms with Crippen LogP contribution < -0.4 is 0 Å². The summed E-state index contributed by atoms with van der Waals surface area (Å²) in [4.78, 5) is 52.5. The van der Waals surface area contributed by atoms with Gasteiger partial charge in [0.15, 0.2) is 0 Å². The van der Waals surface area contributed by atoms with Gasteiger partial charge in [0.05, 0.1) is 52.5 Å². The van der Waals surface area contributed by atoms with Crippen LogP contribution in [-0.4, -0.2) is 127 Å². The molecule has 0 aromatic rings. The molecule has 0 aromatic carbocycles. The summed E-state index contributed by atoms with van der Waals surface area (Å²) in [6, 6.07) is 0. The van der Waals surface area contributed by atoms with Gasteiger partial charge in [0, 0.05) is 38.3 Å². The molecule has 404 valence electrons. The van der Waals surface area contributed by atoms with Crippen LogP contribution in [0.15, 0.2) is 105 Å². The Morgan fingerprint density at radius 1 is 0.556 bits per heavy atom. The van der Waals surface area contributed by atoms with Gasteiger partial charge >= 0.3 is 23.9 Å². The molecule has 0 aromatic heterocycles. The lowest BCUT2D eigenvalue weighted by Crippen LogP contribution is -2.27. The standard InChI is InChI=1S/C60H94N2O10/c1-13-51(25-27-53-49(5)20-15-31-59(53,7)8)23-24-52(26-28-54-50(6)21-16-32-60(54,9)10)22-14-19-48(4)46-58(66)72-40-30-56(64)70-38-18-34-62(12)36-42-68-44-43-67-41-35-61(11)33-17-37-69-55(63)29-39-71-57(65)45-47(2)3/h13-14,19,22,25-28,45-46H,15-18,20-21,23-24,29-44H2,1-12H3/b19-14+,27-25+,28-26+,48-46+,51-13+,52-22+. The molecule has 12 heteroatoms. The summed E-state index contributed by atoms with van der Waals surface area (Å²) in [6.07, 6.45) is 30.9. The first-order valence-electron chi connectivity index (χ1n) is 26.5. The Labute approximate surface area is 435 Å². The number of nitrogens with zero attached hydrogens (tertiary/aromatic N) is 2. The van der Waals surface area contributed by atoms with Crippen molar-refractivity contribution in [2.75, 3.05) is 93.1 Å². The lowest BCUT2D eigenvalue weighted by molar-refractivity contribution is -0.149. The topological polar surface area (TPSA) is 130 Å². The zero-order valence-corrected chi connectivity index (χ0v) is 46.7. The maximum Gasteiger partial charge on any atom is 0.331 e. The maximum atomic E-state index is 12.6. The van der Waals surface area contributed by atoms with E-state index in [1.165, 1.54) is 77.7 Å². The fourth-order valence-electron chi connectivity index (χ4n) is 8.75. The third-order valence-corrected chi connectivity index (χ3v) is 13.1. The van der Waals surface area contributed by atoms with E-state index in [2.05, 4.69) is 94.7 Å². The van der Waals surface area contributed by atoms with Crippen molar-refractivity contribution in [2.45, 2.75) is 146 Å². The zero-order chi connectivity index (χ0) is 53.4. The molecule has 2 aliphatic carbocycles. The summed E-state index contributed by atoms with van der Waals surface area (Å²) >= 11 is 0. The van der Waals surface area contributed by atoms with Crippen molar-refractivity contribution in [3.63, 3.8) is 0 Å². The molecule has 0 atom stereocenters. The molecular weight excluding hydrogens is 909 g/mol. The predicted molar refractivity (Wildman–Crippen MR) is 291 cm³/mol. The highest BCUT2D eigenvalue weighted by atomic mass is 16.6. The van der Waals surface area contributed by atoms with Gasteiger partial charge in [-0.25, -0.2) is 9.59 Å². The van der Waals surface area contributed by atoms with Crippen molar-refractivity contribution in [3.8, 4) is 0 Å². The average Bonchev–Trinajstić information content (AvgIpc) is 3.29. The van der Waals surface area contributed by atoms with Crippen LogP contribution in [-0.2, 0) is 47.6 Å². The zero-order valence-electron chi connectivity index (χ0n) is 46.7. The molecule has 0 radical (unpaired) electrons. The molecule has 0 amide bonds. The summed E-state index contributed by atoms with van der Waals surface area (Å²) in [5.74, 6) is -1.73. The fourth-order valence-corrected chi connectivity index (χ4v) is 8.75. The highest BCUT2D eigenvalue weighted by Gasteiger charge is 2.27. The summed E-state index contributed by atoms with van der Waals surface area (Å²) in [5, 5.41) is 0. The average molecular weight is 1000 g/mol. The van der Waals surface area contributed by atoms with Gasteiger partial charge in [-0.2, -0.15) is 0 Å². The second-order valence-electron chi connectivity index (χ2n) is 20.9. The fraction of sp³-hybridized carbons (Fsp3) is 0.633. The van der Waals surface area contributed by atoms with E-state index in [1.807, 2.05) is 33.2 Å². The van der Waals surface area contributed by atoms with Crippen molar-refractivity contribution in [3.05, 3.63) is 105 Å². The minimum Gasteiger partial charge on any atom is -0.466 e. The Bertz CT molecular complexity index is 1990. The number of esters is 4. The highest BCUT2D eigenvalue weighted by molar-refractivity contribution is 5.83. The van der Waals surface area contributed by atoms with E-state index in [0.717, 1.165) is 56.6 Å². The second kappa shape index (κ2) is 35.5. The second-order valence-corrected chi connectivity index (χ2v) is 20.9. The van der Waals surface area contributed by atoms with Gasteiger partial charge in [-0.15, -0.1) is 0 Å². The molecule has 72 heavy (non-hydrogen) atoms. The first kappa shape index (κ1) is 63.5. The predicted octanol–water partition coefficient (Wildman–Crippen LogP) is 11.9. The van der Waals surface area contributed by atoms with Gasteiger partial charge in [0.25, 0.3) is 0 Å². The Kier molecular flexibility index (Phi) is 31.3. The largest absolute Gasteiger partial charge is 0.466 e. The molecule has 0 spiro atoms. The van der Waals surface area contributed by atoms with E-state index in [-0.39, 0.29) is 49.5 Å². The van der Waals surface area contributed by atoms with E-state index in [0.29, 0.717) is 45.9 Å². The van der Waals surface area contributed by atoms with E-state index in [1.54, 1.807) is 13.8 Å². The lowest BCUT2D eigenvalue weighted by Gasteiger charge is -2.33. The number of carbonyl (C=O) groups is 4. The van der Waals surface area contributed by atoms with E-state index in [4.69, 9.17) is 28.4 Å². The van der Waals surface area contributed by atoms with Crippen LogP contribution >= 0.6 is 0 Å². The van der Waals surface area contributed by atoms with Crippen molar-refractivity contribution >= 4 is 23.9 Å². The molecule has 0 bridgehead atoms. The van der Waals surface area contributed by atoms with Crippen LogP contribution in [0.2, 0.25) is 0 Å². The number of allylic oxidation sites excluding steroid dienone is 16.